The summed E-state index contributed by atoms with van der Waals surface area (Å²) in [6, 6.07) is 0.512. The minimum Gasteiger partial charge on any atom is -0.327 e. The van der Waals surface area contributed by atoms with E-state index in [9.17, 15) is 0 Å². The van der Waals surface area contributed by atoms with Crippen LogP contribution in [0.25, 0.3) is 0 Å². The van der Waals surface area contributed by atoms with Gasteiger partial charge < -0.3 is 5.73 Å². The highest BCUT2D eigenvalue weighted by Gasteiger charge is 2.20. The van der Waals surface area contributed by atoms with Gasteiger partial charge in [-0.2, -0.15) is 0 Å². The van der Waals surface area contributed by atoms with Crippen molar-refractivity contribution in [3.8, 4) is 0 Å². The smallest absolute Gasteiger partial charge is 0.00671 e. The number of hydrogen-bond donors (Lipinski definition) is 1. The van der Waals surface area contributed by atoms with Crippen molar-refractivity contribution in [1.82, 2.24) is 0 Å². The van der Waals surface area contributed by atoms with Gasteiger partial charge in [-0.15, -0.1) is 0 Å². The average molecular weight is 155 g/mol. The summed E-state index contributed by atoms with van der Waals surface area (Å²) < 4.78 is 0. The zero-order valence-electron chi connectivity index (χ0n) is 7.68. The lowest BCUT2D eigenvalue weighted by Gasteiger charge is -2.17. The van der Waals surface area contributed by atoms with Crippen molar-refractivity contribution in [2.75, 3.05) is 0 Å². The second kappa shape index (κ2) is 4.76. The molecule has 1 atom stereocenters. The summed E-state index contributed by atoms with van der Waals surface area (Å²) in [6.07, 6.45) is 9.49. The Morgan fingerprint density at radius 2 is 2.00 bits per heavy atom. The van der Waals surface area contributed by atoms with Crippen LogP contribution in [0.15, 0.2) is 0 Å². The molecular weight excluding hydrogens is 134 g/mol. The molecule has 2 N–H and O–H groups in total. The number of hydrogen-bond acceptors (Lipinski definition) is 1. The van der Waals surface area contributed by atoms with Crippen LogP contribution in [0.1, 0.15) is 51.9 Å². The third kappa shape index (κ3) is 2.82. The van der Waals surface area contributed by atoms with Gasteiger partial charge in [0.25, 0.3) is 0 Å². The molecule has 0 aromatic carbocycles. The summed E-state index contributed by atoms with van der Waals surface area (Å²) in [6.45, 7) is 2.24. The van der Waals surface area contributed by atoms with Crippen molar-refractivity contribution in [3.63, 3.8) is 0 Å². The molecule has 1 aliphatic rings. The molecule has 0 aliphatic heterocycles. The van der Waals surface area contributed by atoms with Gasteiger partial charge in [0.05, 0.1) is 0 Å². The fourth-order valence-electron chi connectivity index (χ4n) is 2.06. The first-order valence-corrected chi connectivity index (χ1v) is 5.10. The second-order valence-electron chi connectivity index (χ2n) is 3.85. The van der Waals surface area contributed by atoms with Crippen molar-refractivity contribution < 1.29 is 0 Å². The zero-order chi connectivity index (χ0) is 8.10. The van der Waals surface area contributed by atoms with Gasteiger partial charge in [0.2, 0.25) is 0 Å². The zero-order valence-corrected chi connectivity index (χ0v) is 7.68. The fraction of sp³-hybridized carbons (Fsp3) is 1.00. The largest absolute Gasteiger partial charge is 0.327 e. The maximum absolute atomic E-state index is 6.07. The highest BCUT2D eigenvalue weighted by atomic mass is 14.6. The van der Waals surface area contributed by atoms with Gasteiger partial charge >= 0.3 is 0 Å². The summed E-state index contributed by atoms with van der Waals surface area (Å²) in [5, 5.41) is 0. The minimum atomic E-state index is 0.512. The van der Waals surface area contributed by atoms with Crippen LogP contribution in [-0.4, -0.2) is 6.04 Å². The molecule has 11 heavy (non-hydrogen) atoms. The van der Waals surface area contributed by atoms with Gasteiger partial charge in [0, 0.05) is 6.04 Å². The Balaban J connectivity index is 2.12. The van der Waals surface area contributed by atoms with Crippen molar-refractivity contribution in [2.24, 2.45) is 11.7 Å². The fourth-order valence-corrected chi connectivity index (χ4v) is 2.06. The molecule has 0 spiro atoms. The molecule has 1 heteroatoms. The van der Waals surface area contributed by atoms with Gasteiger partial charge in [-0.05, 0) is 25.2 Å². The van der Waals surface area contributed by atoms with Crippen LogP contribution in [0.4, 0.5) is 0 Å². The predicted octanol–water partition coefficient (Wildman–Crippen LogP) is 2.69. The lowest BCUT2D eigenvalue weighted by molar-refractivity contribution is 0.400. The maximum atomic E-state index is 6.07. The predicted molar refractivity (Wildman–Crippen MR) is 49.5 cm³/mol. The first-order valence-electron chi connectivity index (χ1n) is 5.10. The van der Waals surface area contributed by atoms with Crippen molar-refractivity contribution >= 4 is 0 Å². The van der Waals surface area contributed by atoms with E-state index in [1.807, 2.05) is 0 Å². The average Bonchev–Trinajstić information content (AvgIpc) is 2.52. The maximum Gasteiger partial charge on any atom is 0.00671 e. The van der Waals surface area contributed by atoms with Gasteiger partial charge in [-0.25, -0.2) is 0 Å². The van der Waals surface area contributed by atoms with Crippen molar-refractivity contribution in [2.45, 2.75) is 57.9 Å². The summed E-state index contributed by atoms with van der Waals surface area (Å²) in [5.41, 5.74) is 6.07. The van der Waals surface area contributed by atoms with E-state index in [4.69, 9.17) is 5.73 Å². The highest BCUT2D eigenvalue weighted by molar-refractivity contribution is 4.77. The summed E-state index contributed by atoms with van der Waals surface area (Å²) >= 11 is 0. The van der Waals surface area contributed by atoms with Gasteiger partial charge in [-0.1, -0.05) is 32.6 Å². The Hall–Kier alpha value is -0.0400. The Morgan fingerprint density at radius 3 is 2.55 bits per heavy atom. The molecule has 0 bridgehead atoms. The molecule has 1 fully saturated rings. The Labute approximate surface area is 70.4 Å². The van der Waals surface area contributed by atoms with Gasteiger partial charge in [0.15, 0.2) is 0 Å². The van der Waals surface area contributed by atoms with Crippen LogP contribution in [0.3, 0.4) is 0 Å². The molecule has 0 aromatic heterocycles. The lowest BCUT2D eigenvalue weighted by atomic mass is 9.95. The van der Waals surface area contributed by atoms with E-state index >= 15 is 0 Å². The molecular formula is C10H21N. The molecule has 1 rings (SSSR count). The minimum absolute atomic E-state index is 0.512. The van der Waals surface area contributed by atoms with Crippen LogP contribution >= 0.6 is 0 Å². The third-order valence-corrected chi connectivity index (χ3v) is 2.90. The van der Waals surface area contributed by atoms with Crippen LogP contribution in [0.5, 0.6) is 0 Å². The van der Waals surface area contributed by atoms with Crippen LogP contribution in [-0.2, 0) is 0 Å². The normalized spacial score (nSPS) is 22.4. The molecule has 1 aliphatic carbocycles. The van der Waals surface area contributed by atoms with E-state index < -0.39 is 0 Å². The van der Waals surface area contributed by atoms with Crippen molar-refractivity contribution in [1.29, 1.82) is 0 Å². The number of nitrogens with two attached hydrogens (primary N) is 1. The first-order chi connectivity index (χ1) is 5.34. The molecule has 1 nitrogen and oxygen atoms in total. The van der Waals surface area contributed by atoms with E-state index in [0.717, 1.165) is 5.92 Å². The second-order valence-corrected chi connectivity index (χ2v) is 3.85. The molecule has 1 saturated carbocycles. The molecule has 0 heterocycles. The standard InChI is InChI=1S/C10H21N/c1-2-3-8-10(11)9-6-4-5-7-9/h9-10H,2-8,11H2,1H3/t10-/m1/s1. The van der Waals surface area contributed by atoms with Crippen LogP contribution < -0.4 is 5.73 Å². The molecule has 0 unspecified atom stereocenters. The Bertz CT molecular complexity index is 95.0. The monoisotopic (exact) mass is 155 g/mol. The molecule has 0 radical (unpaired) electrons. The van der Waals surface area contributed by atoms with E-state index in [1.165, 1.54) is 44.9 Å². The molecule has 0 aromatic rings. The van der Waals surface area contributed by atoms with Crippen LogP contribution in [0.2, 0.25) is 0 Å². The summed E-state index contributed by atoms with van der Waals surface area (Å²) in [7, 11) is 0. The van der Waals surface area contributed by atoms with Gasteiger partial charge in [0.1, 0.15) is 0 Å². The molecule has 0 saturated heterocycles. The summed E-state index contributed by atoms with van der Waals surface area (Å²) in [5.74, 6) is 0.863. The topological polar surface area (TPSA) is 26.0 Å². The first kappa shape index (κ1) is 9.05. The van der Waals surface area contributed by atoms with E-state index in [2.05, 4.69) is 6.92 Å². The Kier molecular flexibility index (Phi) is 3.92. The molecule has 0 amide bonds. The highest BCUT2D eigenvalue weighted by Crippen LogP contribution is 2.28. The summed E-state index contributed by atoms with van der Waals surface area (Å²) in [4.78, 5) is 0. The Morgan fingerprint density at radius 1 is 1.36 bits per heavy atom. The quantitative estimate of drug-likeness (QED) is 0.663. The van der Waals surface area contributed by atoms with E-state index in [-0.39, 0.29) is 0 Å². The number of unbranched alkanes of at least 4 members (excludes halogenated alkanes) is 1. The number of rotatable bonds is 4. The SMILES string of the molecule is CCCC[C@@H](N)C1CCCC1. The van der Waals surface area contributed by atoms with E-state index in [0.29, 0.717) is 6.04 Å². The van der Waals surface area contributed by atoms with Gasteiger partial charge in [-0.3, -0.25) is 0 Å². The third-order valence-electron chi connectivity index (χ3n) is 2.90. The van der Waals surface area contributed by atoms with Crippen LogP contribution in [0, 0.1) is 5.92 Å². The molecule has 66 valence electrons. The van der Waals surface area contributed by atoms with Crippen molar-refractivity contribution in [3.05, 3.63) is 0 Å². The van der Waals surface area contributed by atoms with E-state index in [1.54, 1.807) is 0 Å². The lowest BCUT2D eigenvalue weighted by Crippen LogP contribution is -2.27.